The Kier molecular flexibility index (Phi) is 4.94. The van der Waals surface area contributed by atoms with Crippen molar-refractivity contribution in [1.82, 2.24) is 5.43 Å². The summed E-state index contributed by atoms with van der Waals surface area (Å²) in [5.41, 5.74) is 3.14. The minimum atomic E-state index is 0.0580. The predicted molar refractivity (Wildman–Crippen MR) is 76.1 cm³/mol. The summed E-state index contributed by atoms with van der Waals surface area (Å²) in [4.78, 5) is 0. The van der Waals surface area contributed by atoms with Gasteiger partial charge in [-0.05, 0) is 50.4 Å². The van der Waals surface area contributed by atoms with E-state index in [2.05, 4.69) is 5.43 Å². The summed E-state index contributed by atoms with van der Waals surface area (Å²) in [6.45, 7) is 4.36. The number of hydrogen-bond donors (Lipinski definition) is 2. The van der Waals surface area contributed by atoms with Crippen LogP contribution in [0.2, 0.25) is 0 Å². The normalized spacial score (nSPS) is 35.2. The first-order chi connectivity index (χ1) is 9.81. The van der Waals surface area contributed by atoms with Crippen molar-refractivity contribution in [1.29, 1.82) is 0 Å². The fourth-order valence-corrected chi connectivity index (χ4v) is 4.03. The van der Waals surface area contributed by atoms with Gasteiger partial charge >= 0.3 is 0 Å². The smallest absolute Gasteiger partial charge is 0.0729 e. The van der Waals surface area contributed by atoms with Crippen molar-refractivity contribution >= 4 is 0 Å². The monoisotopic (exact) mass is 284 g/mol. The molecule has 3 atom stereocenters. The van der Waals surface area contributed by atoms with Crippen molar-refractivity contribution in [3.05, 3.63) is 0 Å². The van der Waals surface area contributed by atoms with E-state index >= 15 is 0 Å². The Morgan fingerprint density at radius 3 is 2.65 bits per heavy atom. The van der Waals surface area contributed by atoms with Crippen LogP contribution in [0.4, 0.5) is 0 Å². The van der Waals surface area contributed by atoms with Crippen LogP contribution >= 0.6 is 0 Å². The Balaban J connectivity index is 1.58. The van der Waals surface area contributed by atoms with Crippen LogP contribution in [0.15, 0.2) is 0 Å². The Labute approximate surface area is 121 Å². The van der Waals surface area contributed by atoms with Crippen LogP contribution in [0.1, 0.15) is 38.5 Å². The third kappa shape index (κ3) is 3.34. The highest BCUT2D eigenvalue weighted by molar-refractivity contribution is 4.93. The second-order valence-corrected chi connectivity index (χ2v) is 6.64. The lowest BCUT2D eigenvalue weighted by molar-refractivity contribution is -0.150. The summed E-state index contributed by atoms with van der Waals surface area (Å²) in [6.07, 6.45) is 6.62. The maximum atomic E-state index is 6.13. The van der Waals surface area contributed by atoms with Crippen LogP contribution in [0.3, 0.4) is 0 Å². The van der Waals surface area contributed by atoms with E-state index in [4.69, 9.17) is 20.1 Å². The summed E-state index contributed by atoms with van der Waals surface area (Å²) in [5, 5.41) is 0. The fourth-order valence-electron chi connectivity index (χ4n) is 4.03. The number of rotatable bonds is 4. The Morgan fingerprint density at radius 2 is 1.95 bits per heavy atom. The molecule has 3 saturated heterocycles. The number of nitrogens with one attached hydrogen (secondary N) is 1. The summed E-state index contributed by atoms with van der Waals surface area (Å²) >= 11 is 0. The Morgan fingerprint density at radius 1 is 1.10 bits per heavy atom. The van der Waals surface area contributed by atoms with Gasteiger partial charge in [-0.1, -0.05) is 0 Å². The molecule has 3 rings (SSSR count). The molecule has 0 radical (unpaired) electrons. The molecule has 3 fully saturated rings. The van der Waals surface area contributed by atoms with E-state index in [1.807, 2.05) is 0 Å². The highest BCUT2D eigenvalue weighted by Crippen LogP contribution is 2.39. The van der Waals surface area contributed by atoms with Crippen LogP contribution in [0.25, 0.3) is 0 Å². The Hall–Kier alpha value is -0.200. The molecule has 3 N–H and O–H groups in total. The average Bonchev–Trinajstić information content (AvgIpc) is 2.98. The second kappa shape index (κ2) is 6.71. The van der Waals surface area contributed by atoms with Gasteiger partial charge in [-0.25, -0.2) is 0 Å². The van der Waals surface area contributed by atoms with E-state index < -0.39 is 0 Å². The first-order valence-corrected chi connectivity index (χ1v) is 8.07. The van der Waals surface area contributed by atoms with Gasteiger partial charge in [0.1, 0.15) is 0 Å². The second-order valence-electron chi connectivity index (χ2n) is 6.64. The topological polar surface area (TPSA) is 65.7 Å². The van der Waals surface area contributed by atoms with Crippen LogP contribution < -0.4 is 11.3 Å². The molecule has 3 aliphatic heterocycles. The average molecular weight is 284 g/mol. The van der Waals surface area contributed by atoms with Crippen LogP contribution in [0.5, 0.6) is 0 Å². The van der Waals surface area contributed by atoms with Gasteiger partial charge in [0.15, 0.2) is 0 Å². The lowest BCUT2D eigenvalue weighted by Crippen LogP contribution is -2.51. The summed E-state index contributed by atoms with van der Waals surface area (Å²) in [7, 11) is 0. The summed E-state index contributed by atoms with van der Waals surface area (Å²) < 4.78 is 17.1. The van der Waals surface area contributed by atoms with Gasteiger partial charge in [0, 0.05) is 39.1 Å². The lowest BCUT2D eigenvalue weighted by Gasteiger charge is -2.45. The molecule has 0 aromatic carbocycles. The molecular weight excluding hydrogens is 256 g/mol. The van der Waals surface area contributed by atoms with E-state index in [9.17, 15) is 0 Å². The number of hydrogen-bond acceptors (Lipinski definition) is 5. The van der Waals surface area contributed by atoms with Gasteiger partial charge in [0.25, 0.3) is 0 Å². The van der Waals surface area contributed by atoms with Gasteiger partial charge in [-0.3, -0.25) is 11.3 Å². The van der Waals surface area contributed by atoms with E-state index in [1.54, 1.807) is 0 Å². The van der Waals surface area contributed by atoms with Crippen LogP contribution in [-0.2, 0) is 14.2 Å². The molecule has 1 spiro atoms. The summed E-state index contributed by atoms with van der Waals surface area (Å²) in [6, 6.07) is 0.394. The van der Waals surface area contributed by atoms with Crippen molar-refractivity contribution in [3.8, 4) is 0 Å². The first kappa shape index (κ1) is 14.7. The minimum Gasteiger partial charge on any atom is -0.381 e. The van der Waals surface area contributed by atoms with E-state index in [0.29, 0.717) is 17.9 Å². The standard InChI is InChI=1S/C15H28N2O3/c16-17-14(9-12-1-5-19-11-12)13-2-6-20-15(10-13)3-7-18-8-4-15/h12-14,17H,1-11,16H2. The molecule has 0 saturated carbocycles. The van der Waals surface area contributed by atoms with Crippen molar-refractivity contribution in [2.75, 3.05) is 33.0 Å². The van der Waals surface area contributed by atoms with E-state index in [0.717, 1.165) is 65.1 Å². The minimum absolute atomic E-state index is 0.0580. The Bertz CT molecular complexity index is 296. The third-order valence-corrected chi connectivity index (χ3v) is 5.33. The maximum Gasteiger partial charge on any atom is 0.0729 e. The van der Waals surface area contributed by atoms with Gasteiger partial charge in [0.2, 0.25) is 0 Å². The zero-order valence-electron chi connectivity index (χ0n) is 12.3. The molecule has 5 nitrogen and oxygen atoms in total. The molecule has 5 heteroatoms. The summed E-state index contributed by atoms with van der Waals surface area (Å²) in [5.74, 6) is 7.13. The van der Waals surface area contributed by atoms with Gasteiger partial charge < -0.3 is 14.2 Å². The highest BCUT2D eigenvalue weighted by Gasteiger charge is 2.41. The molecular formula is C15H28N2O3. The molecule has 0 bridgehead atoms. The number of ether oxygens (including phenoxy) is 3. The van der Waals surface area contributed by atoms with Gasteiger partial charge in [-0.2, -0.15) is 0 Å². The molecule has 0 aliphatic carbocycles. The fraction of sp³-hybridized carbons (Fsp3) is 1.00. The SMILES string of the molecule is NNC(CC1CCOC1)C1CCOC2(CCOCC2)C1. The number of hydrazine groups is 1. The van der Waals surface area contributed by atoms with Gasteiger partial charge in [0.05, 0.1) is 5.60 Å². The van der Waals surface area contributed by atoms with E-state index in [-0.39, 0.29) is 5.60 Å². The largest absolute Gasteiger partial charge is 0.381 e. The molecule has 0 aromatic rings. The van der Waals surface area contributed by atoms with Crippen molar-refractivity contribution < 1.29 is 14.2 Å². The lowest BCUT2D eigenvalue weighted by atomic mass is 9.76. The molecule has 20 heavy (non-hydrogen) atoms. The third-order valence-electron chi connectivity index (χ3n) is 5.33. The molecule has 3 heterocycles. The van der Waals surface area contributed by atoms with E-state index in [1.165, 1.54) is 6.42 Å². The van der Waals surface area contributed by atoms with Crippen LogP contribution in [-0.4, -0.2) is 44.7 Å². The predicted octanol–water partition coefficient (Wildman–Crippen LogP) is 1.22. The first-order valence-electron chi connectivity index (χ1n) is 8.07. The zero-order chi connectivity index (χ0) is 13.8. The van der Waals surface area contributed by atoms with Crippen molar-refractivity contribution in [2.24, 2.45) is 17.7 Å². The molecule has 116 valence electrons. The number of nitrogens with two attached hydrogens (primary N) is 1. The maximum absolute atomic E-state index is 6.13. The van der Waals surface area contributed by atoms with Crippen molar-refractivity contribution in [2.45, 2.75) is 50.2 Å². The molecule has 0 amide bonds. The quantitative estimate of drug-likeness (QED) is 0.600. The van der Waals surface area contributed by atoms with Crippen LogP contribution in [0, 0.1) is 11.8 Å². The zero-order valence-corrected chi connectivity index (χ0v) is 12.3. The van der Waals surface area contributed by atoms with Gasteiger partial charge in [-0.15, -0.1) is 0 Å². The highest BCUT2D eigenvalue weighted by atomic mass is 16.5. The molecule has 0 aromatic heterocycles. The molecule has 3 unspecified atom stereocenters. The van der Waals surface area contributed by atoms with Crippen molar-refractivity contribution in [3.63, 3.8) is 0 Å². The molecule has 3 aliphatic rings.